The van der Waals surface area contributed by atoms with Gasteiger partial charge >= 0.3 is 0 Å². The van der Waals surface area contributed by atoms with Crippen LogP contribution < -0.4 is 5.32 Å². The van der Waals surface area contributed by atoms with Gasteiger partial charge in [0.15, 0.2) is 0 Å². The van der Waals surface area contributed by atoms with Crippen molar-refractivity contribution in [3.8, 4) is 0 Å². The van der Waals surface area contributed by atoms with Gasteiger partial charge in [-0.05, 0) is 41.7 Å². The number of anilines is 1. The Morgan fingerprint density at radius 3 is 2.59 bits per heavy atom. The molecule has 1 aliphatic heterocycles. The summed E-state index contributed by atoms with van der Waals surface area (Å²) in [4.78, 5) is 0. The Morgan fingerprint density at radius 2 is 1.82 bits per heavy atom. The van der Waals surface area contributed by atoms with Gasteiger partial charge in [0.1, 0.15) is 5.82 Å². The van der Waals surface area contributed by atoms with E-state index in [-0.39, 0.29) is 11.9 Å². The van der Waals surface area contributed by atoms with Crippen molar-refractivity contribution in [2.24, 2.45) is 5.92 Å². The maximum atomic E-state index is 13.2. The number of benzene rings is 2. The van der Waals surface area contributed by atoms with Crippen molar-refractivity contribution in [1.82, 2.24) is 0 Å². The molecule has 0 bridgehead atoms. The van der Waals surface area contributed by atoms with Gasteiger partial charge < -0.3 is 5.32 Å². The molecule has 0 saturated heterocycles. The fraction of sp³-hybridized carbons (Fsp3) is 0.222. The quantitative estimate of drug-likeness (QED) is 0.635. The standard InChI is InChI=1S/C18H14Cl2FN/c19-15-9-8-14-12-2-1-3-13(12)17(22-18(14)16(15)20)10-4-6-11(21)7-5-10/h1-2,4-9,12-13,17,22H,3H2/t12-,13+,17+/m1/s1. The molecule has 0 fully saturated rings. The predicted octanol–water partition coefficient (Wildman–Crippen LogP) is 5.96. The number of allylic oxidation sites excluding steroid dienone is 2. The van der Waals surface area contributed by atoms with Crippen molar-refractivity contribution >= 4 is 28.9 Å². The molecule has 0 spiro atoms. The van der Waals surface area contributed by atoms with Gasteiger partial charge in [-0.1, -0.05) is 53.6 Å². The molecule has 1 N–H and O–H groups in total. The Labute approximate surface area is 138 Å². The molecule has 2 aromatic rings. The third-order valence-electron chi connectivity index (χ3n) is 4.66. The summed E-state index contributed by atoms with van der Waals surface area (Å²) in [6, 6.07) is 10.7. The minimum atomic E-state index is -0.220. The normalized spacial score (nSPS) is 25.5. The van der Waals surface area contributed by atoms with Crippen molar-refractivity contribution in [1.29, 1.82) is 0 Å². The van der Waals surface area contributed by atoms with Crippen molar-refractivity contribution < 1.29 is 4.39 Å². The molecular weight excluding hydrogens is 320 g/mol. The zero-order valence-electron chi connectivity index (χ0n) is 11.7. The van der Waals surface area contributed by atoms with Crippen LogP contribution in [0.5, 0.6) is 0 Å². The fourth-order valence-electron chi connectivity index (χ4n) is 3.60. The summed E-state index contributed by atoms with van der Waals surface area (Å²) in [6.07, 6.45) is 5.45. The van der Waals surface area contributed by atoms with Crippen LogP contribution in [0.25, 0.3) is 0 Å². The van der Waals surface area contributed by atoms with E-state index in [1.807, 2.05) is 24.3 Å². The van der Waals surface area contributed by atoms with Crippen LogP contribution in [0.3, 0.4) is 0 Å². The smallest absolute Gasteiger partial charge is 0.123 e. The van der Waals surface area contributed by atoms with Gasteiger partial charge in [0.2, 0.25) is 0 Å². The third-order valence-corrected chi connectivity index (χ3v) is 5.46. The highest BCUT2D eigenvalue weighted by Crippen LogP contribution is 2.52. The second kappa shape index (κ2) is 5.29. The number of nitrogens with one attached hydrogen (secondary N) is 1. The van der Waals surface area contributed by atoms with Crippen LogP contribution in [0.4, 0.5) is 10.1 Å². The van der Waals surface area contributed by atoms with Crippen LogP contribution in [0.2, 0.25) is 10.0 Å². The molecule has 0 radical (unpaired) electrons. The first kappa shape index (κ1) is 14.1. The maximum Gasteiger partial charge on any atom is 0.123 e. The zero-order valence-corrected chi connectivity index (χ0v) is 13.2. The Balaban J connectivity index is 1.82. The van der Waals surface area contributed by atoms with E-state index in [1.54, 1.807) is 0 Å². The summed E-state index contributed by atoms with van der Waals surface area (Å²) in [5.74, 6) is 0.512. The van der Waals surface area contributed by atoms with Gasteiger partial charge in [-0.25, -0.2) is 4.39 Å². The van der Waals surface area contributed by atoms with Crippen molar-refractivity contribution in [3.63, 3.8) is 0 Å². The molecule has 1 heterocycles. The number of hydrogen-bond donors (Lipinski definition) is 1. The fourth-order valence-corrected chi connectivity index (χ4v) is 3.99. The van der Waals surface area contributed by atoms with Crippen LogP contribution >= 0.6 is 23.2 Å². The van der Waals surface area contributed by atoms with E-state index < -0.39 is 0 Å². The lowest BCUT2D eigenvalue weighted by Crippen LogP contribution is -2.29. The van der Waals surface area contributed by atoms with E-state index in [0.29, 0.717) is 21.9 Å². The van der Waals surface area contributed by atoms with E-state index in [9.17, 15) is 4.39 Å². The van der Waals surface area contributed by atoms with Crippen LogP contribution in [-0.2, 0) is 0 Å². The molecular formula is C18H14Cl2FN. The molecule has 0 unspecified atom stereocenters. The minimum Gasteiger partial charge on any atom is -0.376 e. The van der Waals surface area contributed by atoms with E-state index in [1.165, 1.54) is 17.7 Å². The van der Waals surface area contributed by atoms with E-state index in [2.05, 4.69) is 17.5 Å². The number of halogens is 3. The second-order valence-electron chi connectivity index (χ2n) is 5.85. The summed E-state index contributed by atoms with van der Waals surface area (Å²) in [5, 5.41) is 4.64. The molecule has 2 aliphatic rings. The zero-order chi connectivity index (χ0) is 15.3. The van der Waals surface area contributed by atoms with E-state index in [0.717, 1.165) is 17.7 Å². The molecule has 0 saturated carbocycles. The second-order valence-corrected chi connectivity index (χ2v) is 6.64. The highest BCUT2D eigenvalue weighted by atomic mass is 35.5. The first-order valence-electron chi connectivity index (χ1n) is 7.31. The molecule has 4 heteroatoms. The topological polar surface area (TPSA) is 12.0 Å². The predicted molar refractivity (Wildman–Crippen MR) is 89.2 cm³/mol. The molecule has 112 valence electrons. The summed E-state index contributed by atoms with van der Waals surface area (Å²) in [5.41, 5.74) is 3.16. The van der Waals surface area contributed by atoms with Crippen molar-refractivity contribution in [2.75, 3.05) is 5.32 Å². The van der Waals surface area contributed by atoms with Gasteiger partial charge in [0.25, 0.3) is 0 Å². The van der Waals surface area contributed by atoms with Crippen LogP contribution in [-0.4, -0.2) is 0 Å². The van der Waals surface area contributed by atoms with Gasteiger partial charge in [-0.2, -0.15) is 0 Å². The lowest BCUT2D eigenvalue weighted by molar-refractivity contribution is 0.425. The highest BCUT2D eigenvalue weighted by Gasteiger charge is 2.38. The molecule has 1 aliphatic carbocycles. The molecule has 1 nitrogen and oxygen atoms in total. The third kappa shape index (κ3) is 2.13. The van der Waals surface area contributed by atoms with Gasteiger partial charge in [0.05, 0.1) is 21.8 Å². The Morgan fingerprint density at radius 1 is 1.05 bits per heavy atom. The Kier molecular flexibility index (Phi) is 3.39. The van der Waals surface area contributed by atoms with Crippen LogP contribution in [0.15, 0.2) is 48.6 Å². The molecule has 0 amide bonds. The summed E-state index contributed by atoms with van der Waals surface area (Å²) >= 11 is 12.6. The summed E-state index contributed by atoms with van der Waals surface area (Å²) in [7, 11) is 0. The van der Waals surface area contributed by atoms with Crippen molar-refractivity contribution in [2.45, 2.75) is 18.4 Å². The maximum absolute atomic E-state index is 13.2. The Hall–Kier alpha value is -1.51. The monoisotopic (exact) mass is 333 g/mol. The van der Waals surface area contributed by atoms with E-state index >= 15 is 0 Å². The average molecular weight is 334 g/mol. The number of fused-ring (bicyclic) bond motifs is 3. The first-order valence-corrected chi connectivity index (χ1v) is 8.07. The first-order chi connectivity index (χ1) is 10.6. The molecule has 22 heavy (non-hydrogen) atoms. The number of hydrogen-bond acceptors (Lipinski definition) is 1. The Bertz CT molecular complexity index is 754. The molecule has 3 atom stereocenters. The SMILES string of the molecule is Fc1ccc([C@@H]2Nc3c(ccc(Cl)c3Cl)[C@@H]3C=CC[C@@H]32)cc1. The highest BCUT2D eigenvalue weighted by molar-refractivity contribution is 6.43. The summed E-state index contributed by atoms with van der Waals surface area (Å²) in [6.45, 7) is 0. The largest absolute Gasteiger partial charge is 0.376 e. The molecule has 0 aromatic heterocycles. The van der Waals surface area contributed by atoms with Gasteiger partial charge in [0, 0.05) is 5.92 Å². The number of rotatable bonds is 1. The van der Waals surface area contributed by atoms with Gasteiger partial charge in [-0.15, -0.1) is 0 Å². The van der Waals surface area contributed by atoms with E-state index in [4.69, 9.17) is 23.2 Å². The molecule has 4 rings (SSSR count). The minimum absolute atomic E-state index is 0.101. The summed E-state index contributed by atoms with van der Waals surface area (Å²) < 4.78 is 13.2. The lowest BCUT2D eigenvalue weighted by Gasteiger charge is -2.38. The lowest BCUT2D eigenvalue weighted by atomic mass is 9.77. The van der Waals surface area contributed by atoms with Crippen molar-refractivity contribution in [3.05, 3.63) is 75.5 Å². The van der Waals surface area contributed by atoms with Gasteiger partial charge in [-0.3, -0.25) is 0 Å². The average Bonchev–Trinajstić information content (AvgIpc) is 3.01. The van der Waals surface area contributed by atoms with Crippen LogP contribution in [0, 0.1) is 11.7 Å². The van der Waals surface area contributed by atoms with Crippen LogP contribution in [0.1, 0.15) is 29.5 Å². The molecule has 2 aromatic carbocycles.